The van der Waals surface area contributed by atoms with E-state index in [9.17, 15) is 13.2 Å². The standard InChI is InChI=1S/C42H56ClN3O6S/c1-4-51-42(27-45-20-17-41(18-21-45)19-22-52-41)16-5-7-29(2)30(3)53(48,49)44-39(47)32-10-14-38-37(24-32)46(25-33-9-12-36(33)42)26-40(28-50-38)15-6-8-31-23-34(43)11-13-35(31)40/h5,10-11,13-14,16,23-24,29-30,33,36H,4,6-9,12,15,17-22,25-28H2,1-3H3,(H,44,47)/b16-5+/t29-,30+,33-,36+,40-,42-/m0/s1. The number of rotatable bonds is 4. The van der Waals surface area contributed by atoms with E-state index in [1.165, 1.54) is 11.1 Å². The summed E-state index contributed by atoms with van der Waals surface area (Å²) in [4.78, 5) is 18.7. The van der Waals surface area contributed by atoms with Crippen LogP contribution in [0.2, 0.25) is 5.02 Å². The highest BCUT2D eigenvalue weighted by molar-refractivity contribution is 7.90. The largest absolute Gasteiger partial charge is 0.490 e. The first kappa shape index (κ1) is 37.3. The summed E-state index contributed by atoms with van der Waals surface area (Å²) in [5.74, 6) is 0.505. The highest BCUT2D eigenvalue weighted by Gasteiger charge is 2.51. The van der Waals surface area contributed by atoms with Gasteiger partial charge in [0, 0.05) is 55.3 Å². The van der Waals surface area contributed by atoms with Gasteiger partial charge in [0.2, 0.25) is 10.0 Å². The fourth-order valence-electron chi connectivity index (χ4n) is 10.2. The number of carbonyl (C=O) groups is 1. The average molecular weight is 766 g/mol. The van der Waals surface area contributed by atoms with Crippen molar-refractivity contribution in [1.29, 1.82) is 0 Å². The third-order valence-electron chi connectivity index (χ3n) is 13.9. The van der Waals surface area contributed by atoms with Crippen LogP contribution in [0.3, 0.4) is 0 Å². The molecule has 3 fully saturated rings. The maximum Gasteiger partial charge on any atom is 0.264 e. The third-order valence-corrected chi connectivity index (χ3v) is 16.0. The fraction of sp³-hybridized carbons (Fsp3) is 0.643. The van der Waals surface area contributed by atoms with Crippen LogP contribution >= 0.6 is 11.6 Å². The van der Waals surface area contributed by atoms with Gasteiger partial charge in [0.05, 0.1) is 29.8 Å². The van der Waals surface area contributed by atoms with E-state index in [4.69, 9.17) is 25.8 Å². The predicted octanol–water partition coefficient (Wildman–Crippen LogP) is 6.91. The molecule has 6 atom stereocenters. The predicted molar refractivity (Wildman–Crippen MR) is 209 cm³/mol. The first-order valence-corrected chi connectivity index (χ1v) is 21.9. The van der Waals surface area contributed by atoms with Gasteiger partial charge in [-0.2, -0.15) is 0 Å². The number of amides is 1. The second-order valence-electron chi connectivity index (χ2n) is 17.0. The highest BCUT2D eigenvalue weighted by atomic mass is 35.5. The van der Waals surface area contributed by atoms with E-state index in [-0.39, 0.29) is 22.9 Å². The molecule has 4 aliphatic heterocycles. The lowest BCUT2D eigenvalue weighted by atomic mass is 9.63. The summed E-state index contributed by atoms with van der Waals surface area (Å²) < 4.78 is 49.5. The number of nitrogens with one attached hydrogen (secondary N) is 1. The number of likely N-dealkylation sites (tertiary alicyclic amines) is 1. The molecule has 53 heavy (non-hydrogen) atoms. The van der Waals surface area contributed by atoms with Crippen LogP contribution in [0.15, 0.2) is 48.6 Å². The van der Waals surface area contributed by atoms with Crippen molar-refractivity contribution in [3.63, 3.8) is 0 Å². The Hall–Kier alpha value is -2.63. The summed E-state index contributed by atoms with van der Waals surface area (Å²) in [6, 6.07) is 11.7. The Morgan fingerprint density at radius 3 is 2.58 bits per heavy atom. The number of sulfonamides is 1. The van der Waals surface area contributed by atoms with Crippen molar-refractivity contribution in [3.05, 3.63) is 70.3 Å². The summed E-state index contributed by atoms with van der Waals surface area (Å²) in [6.45, 7) is 12.0. The van der Waals surface area contributed by atoms with Crippen molar-refractivity contribution in [2.75, 3.05) is 57.4 Å². The quantitative estimate of drug-likeness (QED) is 0.336. The average Bonchev–Trinajstić information content (AvgIpc) is 3.25. The van der Waals surface area contributed by atoms with Crippen LogP contribution in [0, 0.1) is 17.8 Å². The minimum Gasteiger partial charge on any atom is -0.490 e. The molecule has 11 heteroatoms. The molecule has 2 saturated heterocycles. The molecular formula is C42H56ClN3O6S. The molecule has 8 rings (SSSR count). The third kappa shape index (κ3) is 7.05. The molecule has 1 N–H and O–H groups in total. The van der Waals surface area contributed by atoms with Crippen LogP contribution in [-0.4, -0.2) is 88.2 Å². The SMILES string of the molecule is CCO[C@]1(CN2CCC3(CCO3)CC2)/C=C/C[C@H](C)[C@@H](C)S(=O)(=O)NC(=O)c2ccc3c(c2)N(C[C@@H]2CC[C@H]21)C[C@@]1(CCCc2cc(Cl)ccc21)CO3. The van der Waals surface area contributed by atoms with Crippen LogP contribution in [0.1, 0.15) is 93.6 Å². The maximum atomic E-state index is 13.7. The number of hydrogen-bond donors (Lipinski definition) is 1. The topological polar surface area (TPSA) is 97.4 Å². The van der Waals surface area contributed by atoms with Gasteiger partial charge >= 0.3 is 0 Å². The molecule has 2 aromatic rings. The van der Waals surface area contributed by atoms with Crippen LogP contribution in [0.5, 0.6) is 5.75 Å². The zero-order valence-corrected chi connectivity index (χ0v) is 33.2. The number of piperidine rings is 1. The van der Waals surface area contributed by atoms with Crippen LogP contribution < -0.4 is 14.4 Å². The second-order valence-corrected chi connectivity index (χ2v) is 19.4. The first-order chi connectivity index (χ1) is 25.4. The van der Waals surface area contributed by atoms with Gasteiger partial charge in [-0.1, -0.05) is 36.7 Å². The number of halogens is 1. The lowest BCUT2D eigenvalue weighted by molar-refractivity contribution is -0.180. The number of aryl methyl sites for hydroxylation is 1. The minimum atomic E-state index is -3.96. The van der Waals surface area contributed by atoms with E-state index in [0.29, 0.717) is 31.1 Å². The molecule has 0 radical (unpaired) electrons. The number of hydrogen-bond acceptors (Lipinski definition) is 8. The van der Waals surface area contributed by atoms with Crippen LogP contribution in [-0.2, 0) is 31.3 Å². The molecule has 2 aliphatic carbocycles. The fourth-order valence-corrected chi connectivity index (χ4v) is 11.7. The Balaban J connectivity index is 1.19. The van der Waals surface area contributed by atoms with Crippen molar-refractivity contribution in [1.82, 2.24) is 9.62 Å². The van der Waals surface area contributed by atoms with Gasteiger partial charge in [-0.05, 0) is 131 Å². The number of carbonyl (C=O) groups excluding carboxylic acids is 1. The Morgan fingerprint density at radius 2 is 1.87 bits per heavy atom. The van der Waals surface area contributed by atoms with Crippen molar-refractivity contribution < 1.29 is 27.4 Å². The Morgan fingerprint density at radius 1 is 1.06 bits per heavy atom. The van der Waals surface area contributed by atoms with E-state index in [1.54, 1.807) is 13.0 Å². The highest BCUT2D eigenvalue weighted by Crippen LogP contribution is 2.50. The number of ether oxygens (including phenoxy) is 3. The summed E-state index contributed by atoms with van der Waals surface area (Å²) in [5, 5.41) is -0.0252. The molecule has 1 amide bonds. The molecule has 2 spiro atoms. The number of anilines is 1. The summed E-state index contributed by atoms with van der Waals surface area (Å²) >= 11 is 6.51. The Labute approximate surface area is 320 Å². The monoisotopic (exact) mass is 765 g/mol. The van der Waals surface area contributed by atoms with Crippen molar-refractivity contribution in [2.45, 2.75) is 100 Å². The van der Waals surface area contributed by atoms with E-state index in [1.807, 2.05) is 25.1 Å². The maximum absolute atomic E-state index is 13.7. The van der Waals surface area contributed by atoms with Crippen molar-refractivity contribution >= 4 is 33.2 Å². The van der Waals surface area contributed by atoms with Gasteiger partial charge in [-0.15, -0.1) is 0 Å². The number of benzene rings is 2. The van der Waals surface area contributed by atoms with E-state index in [2.05, 4.69) is 45.7 Å². The van der Waals surface area contributed by atoms with E-state index in [0.717, 1.165) is 107 Å². The molecule has 6 aliphatic rings. The molecule has 288 valence electrons. The second kappa shape index (κ2) is 14.5. The van der Waals surface area contributed by atoms with Crippen molar-refractivity contribution in [3.8, 4) is 5.75 Å². The molecule has 0 aromatic heterocycles. The number of nitrogens with zero attached hydrogens (tertiary/aromatic N) is 2. The van der Waals surface area contributed by atoms with Gasteiger partial charge in [0.1, 0.15) is 11.4 Å². The normalized spacial score (nSPS) is 34.4. The zero-order valence-electron chi connectivity index (χ0n) is 31.6. The van der Waals surface area contributed by atoms with Gasteiger partial charge in [-0.25, -0.2) is 13.1 Å². The first-order valence-electron chi connectivity index (χ1n) is 20.0. The minimum absolute atomic E-state index is 0.0667. The molecule has 2 aromatic carbocycles. The molecular weight excluding hydrogens is 710 g/mol. The van der Waals surface area contributed by atoms with Gasteiger partial charge < -0.3 is 19.1 Å². The lowest BCUT2D eigenvalue weighted by Gasteiger charge is -2.54. The van der Waals surface area contributed by atoms with Gasteiger partial charge in [0.15, 0.2) is 0 Å². The van der Waals surface area contributed by atoms with Crippen LogP contribution in [0.25, 0.3) is 0 Å². The smallest absolute Gasteiger partial charge is 0.264 e. The summed E-state index contributed by atoms with van der Waals surface area (Å²) in [5.41, 5.74) is 3.00. The zero-order chi connectivity index (χ0) is 37.0. The van der Waals surface area contributed by atoms with E-state index < -0.39 is 26.8 Å². The molecule has 4 heterocycles. The van der Waals surface area contributed by atoms with Gasteiger partial charge in [0.25, 0.3) is 5.91 Å². The number of fused-ring (bicyclic) bond motifs is 4. The molecule has 9 nitrogen and oxygen atoms in total. The number of allylic oxidation sites excluding steroid dienone is 1. The Kier molecular flexibility index (Phi) is 10.2. The van der Waals surface area contributed by atoms with E-state index >= 15 is 0 Å². The molecule has 0 unspecified atom stereocenters. The molecule has 2 bridgehead atoms. The van der Waals surface area contributed by atoms with Gasteiger partial charge in [-0.3, -0.25) is 9.69 Å². The van der Waals surface area contributed by atoms with Crippen LogP contribution in [0.4, 0.5) is 5.69 Å². The summed E-state index contributed by atoms with van der Waals surface area (Å²) in [7, 11) is -3.96. The van der Waals surface area contributed by atoms with Crippen molar-refractivity contribution in [2.24, 2.45) is 17.8 Å². The summed E-state index contributed by atoms with van der Waals surface area (Å²) in [6.07, 6.45) is 13.4. The molecule has 1 saturated carbocycles. The lowest BCUT2D eigenvalue weighted by Crippen LogP contribution is -2.60. The Bertz CT molecular complexity index is 1840.